The quantitative estimate of drug-likeness (QED) is 0.0532. The molecule has 0 spiro atoms. The lowest BCUT2D eigenvalue weighted by atomic mass is 9.85. The lowest BCUT2D eigenvalue weighted by Crippen LogP contribution is -2.16. The van der Waals surface area contributed by atoms with Crippen LogP contribution >= 0.6 is 0 Å². The highest BCUT2D eigenvalue weighted by atomic mass is 16.5. The maximum absolute atomic E-state index is 13.9. The Balaban J connectivity index is 1.15. The zero-order valence-corrected chi connectivity index (χ0v) is 39.9. The number of ether oxygens (including phenoxy) is 1. The van der Waals surface area contributed by atoms with Crippen LogP contribution in [-0.2, 0) is 14.3 Å². The van der Waals surface area contributed by atoms with Crippen molar-refractivity contribution in [3.05, 3.63) is 91.5 Å². The number of rotatable bonds is 23. The first kappa shape index (κ1) is 48.1. The van der Waals surface area contributed by atoms with Crippen LogP contribution in [-0.4, -0.2) is 51.8 Å². The molecule has 0 amide bonds. The zero-order chi connectivity index (χ0) is 45.2. The van der Waals surface area contributed by atoms with Gasteiger partial charge in [-0.05, 0) is 87.3 Å². The van der Waals surface area contributed by atoms with Crippen LogP contribution in [0.4, 0.5) is 0 Å². The van der Waals surface area contributed by atoms with Gasteiger partial charge in [-0.1, -0.05) is 124 Å². The highest BCUT2D eigenvalue weighted by Crippen LogP contribution is 2.46. The number of nitrogens with zero attached hydrogens (tertiary/aromatic N) is 3. The van der Waals surface area contributed by atoms with Gasteiger partial charge >= 0.3 is 5.97 Å². The number of carbonyl (C=O) groups is 2. The molecule has 63 heavy (non-hydrogen) atoms. The molecule has 8 bridgehead atoms. The Bertz CT molecular complexity index is 2130. The molecule has 3 atom stereocenters. The van der Waals surface area contributed by atoms with Gasteiger partial charge in [0.1, 0.15) is 0 Å². The highest BCUT2D eigenvalue weighted by Gasteiger charge is 2.44. The maximum Gasteiger partial charge on any atom is 0.305 e. The number of hydrogen-bond acceptors (Lipinski definition) is 9. The molecule has 6 aliphatic rings. The first-order valence-electron chi connectivity index (χ1n) is 24.6. The summed E-state index contributed by atoms with van der Waals surface area (Å²) in [5.74, 6) is 0.0295. The maximum atomic E-state index is 13.9. The van der Waals surface area contributed by atoms with Gasteiger partial charge in [-0.3, -0.25) is 9.59 Å². The number of aliphatic imine (C=N–C) groups is 3. The summed E-state index contributed by atoms with van der Waals surface area (Å²) >= 11 is 0. The largest absolute Gasteiger partial charge is 0.515 e. The van der Waals surface area contributed by atoms with Crippen molar-refractivity contribution >= 4 is 28.9 Å². The molecule has 9 heteroatoms. The summed E-state index contributed by atoms with van der Waals surface area (Å²) in [6.07, 6.45) is 26.7. The van der Waals surface area contributed by atoms with Crippen molar-refractivity contribution in [1.29, 1.82) is 0 Å². The number of hydrogen-bond donors (Lipinski definition) is 3. The van der Waals surface area contributed by atoms with Crippen LogP contribution in [0.3, 0.4) is 0 Å². The second kappa shape index (κ2) is 22.5. The number of allylic oxidation sites excluding steroid dienone is 11. The SMILES string of the molecule is CCCCCCCCCCCCCCCCCCOC(=O)CC[C@@H]1C2=C3CC(=O)C4=C(C)C(=CC5=C(CC(C)C)/C(=C\O)C(=N5)C=C5N=C(C(C)=C5C(C)O)C(C)=C(N2)[C@H]1C)N=C34. The minimum atomic E-state index is -0.795. The molecular weight excluding hydrogens is 785 g/mol. The summed E-state index contributed by atoms with van der Waals surface area (Å²) in [5, 5.41) is 25.5. The highest BCUT2D eigenvalue weighted by molar-refractivity contribution is 6.38. The summed E-state index contributed by atoms with van der Waals surface area (Å²) in [7, 11) is 0. The van der Waals surface area contributed by atoms with Gasteiger partial charge in [0.25, 0.3) is 0 Å². The van der Waals surface area contributed by atoms with E-state index < -0.39 is 6.10 Å². The van der Waals surface area contributed by atoms with E-state index in [4.69, 9.17) is 19.7 Å². The van der Waals surface area contributed by atoms with E-state index in [1.54, 1.807) is 6.92 Å². The number of esters is 1. The van der Waals surface area contributed by atoms with Gasteiger partial charge in [0, 0.05) is 58.4 Å². The lowest BCUT2D eigenvalue weighted by Gasteiger charge is -2.18. The summed E-state index contributed by atoms with van der Waals surface area (Å²) in [5.41, 5.74) is 12.3. The number of ketones is 1. The summed E-state index contributed by atoms with van der Waals surface area (Å²) in [6, 6.07) is 0. The number of aliphatic hydroxyl groups is 2. The molecule has 2 fully saturated rings. The monoisotopic (exact) mass is 861 g/mol. The number of aliphatic hydroxyl groups excluding tert-OH is 2. The Morgan fingerprint density at radius 3 is 2.00 bits per heavy atom. The first-order valence-corrected chi connectivity index (χ1v) is 24.6. The van der Waals surface area contributed by atoms with E-state index in [-0.39, 0.29) is 42.3 Å². The number of fused-ring (bicyclic) bond motifs is 5. The van der Waals surface area contributed by atoms with Gasteiger partial charge < -0.3 is 20.3 Å². The van der Waals surface area contributed by atoms with Crippen LogP contribution in [0.1, 0.15) is 184 Å². The van der Waals surface area contributed by atoms with Crippen molar-refractivity contribution in [2.75, 3.05) is 6.61 Å². The van der Waals surface area contributed by atoms with Crippen LogP contribution in [0.2, 0.25) is 0 Å². The minimum absolute atomic E-state index is 0.0239. The second-order valence-corrected chi connectivity index (χ2v) is 19.3. The predicted octanol–water partition coefficient (Wildman–Crippen LogP) is 12.8. The topological polar surface area (TPSA) is 133 Å². The molecule has 0 radical (unpaired) electrons. The van der Waals surface area contributed by atoms with Crippen molar-refractivity contribution in [3.8, 4) is 0 Å². The number of unbranched alkanes of at least 4 members (excludes halogenated alkanes) is 15. The molecule has 1 saturated carbocycles. The first-order chi connectivity index (χ1) is 30.4. The van der Waals surface area contributed by atoms with Gasteiger partial charge in [-0.15, -0.1) is 0 Å². The molecule has 1 unspecified atom stereocenters. The van der Waals surface area contributed by atoms with Crippen molar-refractivity contribution in [2.45, 2.75) is 190 Å². The third-order valence-corrected chi connectivity index (χ3v) is 14.0. The van der Waals surface area contributed by atoms with Crippen molar-refractivity contribution < 1.29 is 24.5 Å². The van der Waals surface area contributed by atoms with Gasteiger partial charge in [-0.2, -0.15) is 0 Å². The average molecular weight is 861 g/mol. The lowest BCUT2D eigenvalue weighted by molar-refractivity contribution is -0.144. The average Bonchev–Trinajstić information content (AvgIpc) is 4.02. The molecule has 3 N–H and O–H groups in total. The third-order valence-electron chi connectivity index (χ3n) is 14.0. The number of carbonyl (C=O) groups excluding carboxylic acids is 2. The normalized spacial score (nSPS) is 21.9. The van der Waals surface area contributed by atoms with E-state index in [0.29, 0.717) is 64.7 Å². The van der Waals surface area contributed by atoms with E-state index >= 15 is 0 Å². The van der Waals surface area contributed by atoms with E-state index in [2.05, 4.69) is 39.9 Å². The van der Waals surface area contributed by atoms with Crippen LogP contribution in [0, 0.1) is 17.8 Å². The minimum Gasteiger partial charge on any atom is -0.515 e. The number of nitrogens with one attached hydrogen (secondary N) is 1. The molecule has 5 aliphatic heterocycles. The molecule has 0 aromatic heterocycles. The molecular formula is C54H76N4O5. The Labute approximate surface area is 378 Å². The Kier molecular flexibility index (Phi) is 17.2. The molecule has 0 aromatic rings. The second-order valence-electron chi connectivity index (χ2n) is 19.3. The van der Waals surface area contributed by atoms with Gasteiger partial charge in [0.2, 0.25) is 0 Å². The van der Waals surface area contributed by atoms with E-state index in [0.717, 1.165) is 64.1 Å². The predicted molar refractivity (Wildman–Crippen MR) is 258 cm³/mol. The Hall–Kier alpha value is -4.37. The van der Waals surface area contributed by atoms with Crippen molar-refractivity contribution in [2.24, 2.45) is 32.7 Å². The summed E-state index contributed by atoms with van der Waals surface area (Å²) in [4.78, 5) is 42.5. The van der Waals surface area contributed by atoms with Crippen LogP contribution in [0.5, 0.6) is 0 Å². The summed E-state index contributed by atoms with van der Waals surface area (Å²) in [6.45, 7) is 16.9. The standard InChI is InChI=1S/C54H76N4O5/c1-9-10-11-12-13-14-15-16-17-18-19-20-21-22-23-24-27-63-48(62)26-25-39-34(4)51-37(7)52-36(6)49(38(8)60)46(57-52)31-45-42(32-59)40(28-33(2)3)44(55-45)30-43-35(5)50-47(61)29-41(53(39)58-51)54(50)56-43/h30-34,38-39,58-60H,9-29H2,1-8H3/b42-32+,43-30?,46-31?,51-37?,53-41?/t34-,38?,39-/m0/s1. The number of Topliss-reactive ketones (excluding diaryl/α,β-unsaturated/α-hetero) is 1. The van der Waals surface area contributed by atoms with Crippen LogP contribution in [0.25, 0.3) is 0 Å². The molecule has 9 nitrogen and oxygen atoms in total. The van der Waals surface area contributed by atoms with Crippen LogP contribution in [0.15, 0.2) is 106 Å². The molecule has 1 aliphatic carbocycles. The molecule has 6 rings (SSSR count). The van der Waals surface area contributed by atoms with E-state index in [9.17, 15) is 19.8 Å². The molecule has 5 heterocycles. The van der Waals surface area contributed by atoms with Gasteiger partial charge in [-0.25, -0.2) is 15.0 Å². The van der Waals surface area contributed by atoms with E-state index in [1.165, 1.54) is 89.9 Å². The third kappa shape index (κ3) is 11.3. The van der Waals surface area contributed by atoms with Crippen molar-refractivity contribution in [1.82, 2.24) is 5.32 Å². The zero-order valence-electron chi connectivity index (χ0n) is 39.9. The van der Waals surface area contributed by atoms with Crippen molar-refractivity contribution in [3.63, 3.8) is 0 Å². The Morgan fingerprint density at radius 2 is 1.41 bits per heavy atom. The fourth-order valence-electron chi connectivity index (χ4n) is 10.5. The smallest absolute Gasteiger partial charge is 0.305 e. The molecule has 0 aromatic carbocycles. The Morgan fingerprint density at radius 1 is 0.810 bits per heavy atom. The van der Waals surface area contributed by atoms with Gasteiger partial charge in [0.05, 0.1) is 53.2 Å². The fraction of sp³-hybridized carbons (Fsp3) is 0.611. The van der Waals surface area contributed by atoms with Gasteiger partial charge in [0.15, 0.2) is 5.78 Å². The molecule has 342 valence electrons. The summed E-state index contributed by atoms with van der Waals surface area (Å²) < 4.78 is 5.79. The molecule has 1 saturated heterocycles. The van der Waals surface area contributed by atoms with E-state index in [1.807, 2.05) is 26.0 Å². The van der Waals surface area contributed by atoms with Crippen LogP contribution < -0.4 is 5.32 Å². The fourth-order valence-corrected chi connectivity index (χ4v) is 10.5.